The summed E-state index contributed by atoms with van der Waals surface area (Å²) in [6.45, 7) is 0.666. The molecule has 5 heteroatoms. The van der Waals surface area contributed by atoms with Gasteiger partial charge in [-0.15, -0.1) is 0 Å². The zero-order valence-corrected chi connectivity index (χ0v) is 11.0. The van der Waals surface area contributed by atoms with Crippen molar-refractivity contribution in [1.29, 1.82) is 5.26 Å². The topological polar surface area (TPSA) is 27.0 Å². The van der Waals surface area contributed by atoms with Gasteiger partial charge in [0.2, 0.25) is 0 Å². The Balaban J connectivity index is 2.07. The third-order valence-electron chi connectivity index (χ3n) is 3.62. The van der Waals surface area contributed by atoms with Crippen molar-refractivity contribution < 1.29 is 13.2 Å². The van der Waals surface area contributed by atoms with Gasteiger partial charge < -0.3 is 4.90 Å². The van der Waals surface area contributed by atoms with Crippen molar-refractivity contribution in [2.24, 2.45) is 0 Å². The number of hydrogen-bond acceptors (Lipinski definition) is 2. The van der Waals surface area contributed by atoms with Crippen LogP contribution in [0.3, 0.4) is 0 Å². The van der Waals surface area contributed by atoms with Crippen LogP contribution in [0.25, 0.3) is 0 Å². The second-order valence-electron chi connectivity index (χ2n) is 4.87. The number of hydrogen-bond donors (Lipinski definition) is 0. The Kier molecular flexibility index (Phi) is 3.09. The molecule has 3 rings (SSSR count). The molecule has 2 nitrogen and oxygen atoms in total. The normalized spacial score (nSPS) is 13.9. The second-order valence-corrected chi connectivity index (χ2v) is 4.87. The smallest absolute Gasteiger partial charge is 0.340 e. The maximum absolute atomic E-state index is 12.7. The van der Waals surface area contributed by atoms with Crippen molar-refractivity contribution in [2.75, 3.05) is 11.4 Å². The Hall–Kier alpha value is -2.48. The first-order chi connectivity index (χ1) is 10.0. The van der Waals surface area contributed by atoms with Gasteiger partial charge in [0.15, 0.2) is 0 Å². The Morgan fingerprint density at radius 2 is 1.81 bits per heavy atom. The molecule has 0 N–H and O–H groups in total. The fourth-order valence-corrected chi connectivity index (χ4v) is 2.63. The van der Waals surface area contributed by atoms with Crippen LogP contribution in [0, 0.1) is 11.3 Å². The third-order valence-corrected chi connectivity index (χ3v) is 3.62. The SMILES string of the molecule is N#Cc1cc(C(F)(F)F)ccc1N1CCc2ccccc21. The van der Waals surface area contributed by atoms with Gasteiger partial charge >= 0.3 is 6.18 Å². The molecule has 0 fully saturated rings. The molecule has 1 heterocycles. The van der Waals surface area contributed by atoms with E-state index >= 15 is 0 Å². The summed E-state index contributed by atoms with van der Waals surface area (Å²) in [6.07, 6.45) is -3.62. The minimum atomic E-state index is -4.44. The van der Waals surface area contributed by atoms with E-state index in [4.69, 9.17) is 0 Å². The number of fused-ring (bicyclic) bond motifs is 1. The number of anilines is 2. The van der Waals surface area contributed by atoms with Crippen LogP contribution in [0.2, 0.25) is 0 Å². The van der Waals surface area contributed by atoms with Gasteiger partial charge in [0.25, 0.3) is 0 Å². The van der Waals surface area contributed by atoms with E-state index in [9.17, 15) is 18.4 Å². The van der Waals surface area contributed by atoms with Gasteiger partial charge in [0.1, 0.15) is 6.07 Å². The van der Waals surface area contributed by atoms with Gasteiger partial charge in [0, 0.05) is 12.2 Å². The molecule has 0 atom stereocenters. The van der Waals surface area contributed by atoms with E-state index in [1.165, 1.54) is 6.07 Å². The summed E-state index contributed by atoms with van der Waals surface area (Å²) in [7, 11) is 0. The number of para-hydroxylation sites is 1. The standard InChI is InChI=1S/C16H11F3N2/c17-16(18,19)13-5-6-15(12(9-13)10-20)21-8-7-11-3-1-2-4-14(11)21/h1-6,9H,7-8H2. The molecule has 0 radical (unpaired) electrons. The molecule has 0 spiro atoms. The highest BCUT2D eigenvalue weighted by Crippen LogP contribution is 2.38. The van der Waals surface area contributed by atoms with Crippen molar-refractivity contribution >= 4 is 11.4 Å². The molecule has 0 amide bonds. The first-order valence-electron chi connectivity index (χ1n) is 6.47. The van der Waals surface area contributed by atoms with E-state index in [1.54, 1.807) is 0 Å². The maximum Gasteiger partial charge on any atom is 0.416 e. The van der Waals surface area contributed by atoms with Crippen LogP contribution in [0.5, 0.6) is 0 Å². The van der Waals surface area contributed by atoms with E-state index in [0.29, 0.717) is 12.2 Å². The van der Waals surface area contributed by atoms with Crippen LogP contribution in [0.1, 0.15) is 16.7 Å². The van der Waals surface area contributed by atoms with Gasteiger partial charge in [-0.3, -0.25) is 0 Å². The lowest BCUT2D eigenvalue weighted by Gasteiger charge is -2.21. The van der Waals surface area contributed by atoms with E-state index in [1.807, 2.05) is 35.2 Å². The van der Waals surface area contributed by atoms with E-state index in [2.05, 4.69) is 0 Å². The van der Waals surface area contributed by atoms with Gasteiger partial charge in [-0.2, -0.15) is 18.4 Å². The van der Waals surface area contributed by atoms with Crippen LogP contribution < -0.4 is 4.90 Å². The van der Waals surface area contributed by atoms with Gasteiger partial charge in [0.05, 0.1) is 16.8 Å². The van der Waals surface area contributed by atoms with Gasteiger partial charge in [-0.05, 0) is 36.2 Å². The fourth-order valence-electron chi connectivity index (χ4n) is 2.63. The van der Waals surface area contributed by atoms with Crippen molar-refractivity contribution in [1.82, 2.24) is 0 Å². The molecule has 0 saturated heterocycles. The molecule has 2 aromatic rings. The van der Waals surface area contributed by atoms with Crippen molar-refractivity contribution in [3.63, 3.8) is 0 Å². The summed E-state index contributed by atoms with van der Waals surface area (Å²) >= 11 is 0. The zero-order valence-electron chi connectivity index (χ0n) is 11.0. The summed E-state index contributed by atoms with van der Waals surface area (Å²) in [5, 5.41) is 9.17. The third kappa shape index (κ3) is 2.33. The predicted molar refractivity (Wildman–Crippen MR) is 73.3 cm³/mol. The highest BCUT2D eigenvalue weighted by Gasteiger charge is 2.32. The largest absolute Gasteiger partial charge is 0.416 e. The first kappa shape index (κ1) is 13.5. The number of alkyl halides is 3. The molecular weight excluding hydrogens is 277 g/mol. The number of nitrogens with zero attached hydrogens (tertiary/aromatic N) is 2. The minimum absolute atomic E-state index is 0.0431. The van der Waals surface area contributed by atoms with Crippen LogP contribution in [-0.4, -0.2) is 6.54 Å². The molecule has 0 bridgehead atoms. The lowest BCUT2D eigenvalue weighted by Crippen LogP contribution is -2.15. The Morgan fingerprint density at radius 1 is 1.05 bits per heavy atom. The van der Waals surface area contributed by atoms with Crippen LogP contribution in [0.4, 0.5) is 24.5 Å². The monoisotopic (exact) mass is 288 g/mol. The van der Waals surface area contributed by atoms with Gasteiger partial charge in [-0.1, -0.05) is 18.2 Å². The lowest BCUT2D eigenvalue weighted by atomic mass is 10.1. The van der Waals surface area contributed by atoms with Crippen molar-refractivity contribution in [3.05, 3.63) is 59.2 Å². The number of rotatable bonds is 1. The van der Waals surface area contributed by atoms with E-state index in [0.717, 1.165) is 29.8 Å². The molecule has 1 aliphatic heterocycles. The van der Waals surface area contributed by atoms with E-state index < -0.39 is 11.7 Å². The summed E-state index contributed by atoms with van der Waals surface area (Å²) in [6, 6.07) is 12.9. The molecule has 106 valence electrons. The number of halogens is 3. The molecule has 0 aromatic heterocycles. The van der Waals surface area contributed by atoms with Crippen LogP contribution in [-0.2, 0) is 12.6 Å². The summed E-state index contributed by atoms with van der Waals surface area (Å²) < 4.78 is 38.2. The maximum atomic E-state index is 12.7. The summed E-state index contributed by atoms with van der Waals surface area (Å²) in [5.41, 5.74) is 1.86. The lowest BCUT2D eigenvalue weighted by molar-refractivity contribution is -0.137. The number of benzene rings is 2. The predicted octanol–water partition coefficient (Wildman–Crippen LogP) is 4.27. The second kappa shape index (κ2) is 4.81. The summed E-state index contributed by atoms with van der Waals surface area (Å²) in [5.74, 6) is 0. The average Bonchev–Trinajstić information content (AvgIpc) is 2.89. The molecule has 2 aromatic carbocycles. The first-order valence-corrected chi connectivity index (χ1v) is 6.47. The Labute approximate surface area is 120 Å². The fraction of sp³-hybridized carbons (Fsp3) is 0.188. The highest BCUT2D eigenvalue weighted by atomic mass is 19.4. The molecule has 0 unspecified atom stereocenters. The van der Waals surface area contributed by atoms with Gasteiger partial charge in [-0.25, -0.2) is 0 Å². The molecule has 1 aliphatic rings. The Morgan fingerprint density at radius 3 is 2.52 bits per heavy atom. The molecule has 21 heavy (non-hydrogen) atoms. The van der Waals surface area contributed by atoms with Crippen molar-refractivity contribution in [2.45, 2.75) is 12.6 Å². The van der Waals surface area contributed by atoms with E-state index in [-0.39, 0.29) is 5.56 Å². The van der Waals surface area contributed by atoms with Crippen LogP contribution >= 0.6 is 0 Å². The van der Waals surface area contributed by atoms with Crippen LogP contribution in [0.15, 0.2) is 42.5 Å². The quantitative estimate of drug-likeness (QED) is 0.783. The summed E-state index contributed by atoms with van der Waals surface area (Å²) in [4.78, 5) is 1.90. The van der Waals surface area contributed by atoms with Crippen molar-refractivity contribution in [3.8, 4) is 6.07 Å². The molecule has 0 saturated carbocycles. The molecule has 0 aliphatic carbocycles. The Bertz CT molecular complexity index is 729. The molecular formula is C16H11F3N2. The average molecular weight is 288 g/mol. The number of nitriles is 1. The minimum Gasteiger partial charge on any atom is -0.340 e. The zero-order chi connectivity index (χ0) is 15.0. The highest BCUT2D eigenvalue weighted by molar-refractivity contribution is 5.74.